The van der Waals surface area contributed by atoms with Crippen molar-refractivity contribution in [2.24, 2.45) is 0 Å². The SMILES string of the molecule is CCNS(=O)(=O)c1ccc2c(c1)N(C(=O)c1n[nH]c3c1CNCC3)CC2.Cl. The molecule has 0 radical (unpaired) electrons. The summed E-state index contributed by atoms with van der Waals surface area (Å²) in [6.45, 7) is 4.04. The first-order chi connectivity index (χ1) is 12.5. The van der Waals surface area contributed by atoms with E-state index in [1.165, 1.54) is 0 Å². The summed E-state index contributed by atoms with van der Waals surface area (Å²) in [5.74, 6) is -0.192. The standard InChI is InChI=1S/C17H21N5O3S.ClH/c1-2-19-26(24,25)12-4-3-11-6-8-22(15(11)9-12)17(23)16-13-10-18-7-5-14(13)20-21-16;/h3-4,9,18-19H,2,5-8,10H2,1H3,(H,20,21);1H. The molecule has 2 aromatic rings. The topological polar surface area (TPSA) is 107 Å². The van der Waals surface area contributed by atoms with Gasteiger partial charge >= 0.3 is 0 Å². The molecule has 0 aliphatic carbocycles. The molecule has 4 rings (SSSR count). The molecule has 3 N–H and O–H groups in total. The summed E-state index contributed by atoms with van der Waals surface area (Å²) in [4.78, 5) is 14.9. The van der Waals surface area contributed by atoms with Crippen LogP contribution in [0.3, 0.4) is 0 Å². The van der Waals surface area contributed by atoms with E-state index in [1.807, 2.05) is 0 Å². The first-order valence-electron chi connectivity index (χ1n) is 8.72. The molecule has 0 saturated heterocycles. The van der Waals surface area contributed by atoms with Crippen LogP contribution in [0, 0.1) is 0 Å². The van der Waals surface area contributed by atoms with Crippen LogP contribution in [0.15, 0.2) is 23.1 Å². The molecule has 0 spiro atoms. The van der Waals surface area contributed by atoms with Crippen molar-refractivity contribution in [3.63, 3.8) is 0 Å². The first kappa shape index (κ1) is 19.8. The lowest BCUT2D eigenvalue weighted by molar-refractivity contribution is 0.0983. The number of rotatable bonds is 4. The second-order valence-electron chi connectivity index (χ2n) is 6.45. The quantitative estimate of drug-likeness (QED) is 0.695. The Kier molecular flexibility index (Phi) is 5.57. The Morgan fingerprint density at radius 3 is 2.93 bits per heavy atom. The van der Waals surface area contributed by atoms with Gasteiger partial charge in [0.2, 0.25) is 10.0 Å². The third-order valence-corrected chi connectivity index (χ3v) is 6.39. The second-order valence-corrected chi connectivity index (χ2v) is 8.22. The van der Waals surface area contributed by atoms with Gasteiger partial charge in [-0.25, -0.2) is 13.1 Å². The summed E-state index contributed by atoms with van der Waals surface area (Å²) in [7, 11) is -3.57. The third kappa shape index (κ3) is 3.47. The molecule has 27 heavy (non-hydrogen) atoms. The third-order valence-electron chi connectivity index (χ3n) is 4.85. The van der Waals surface area contributed by atoms with E-state index >= 15 is 0 Å². The minimum absolute atomic E-state index is 0. The number of nitrogens with one attached hydrogen (secondary N) is 3. The van der Waals surface area contributed by atoms with E-state index in [-0.39, 0.29) is 23.2 Å². The number of amides is 1. The second kappa shape index (κ2) is 7.59. The largest absolute Gasteiger partial charge is 0.312 e. The number of carbonyl (C=O) groups is 1. The van der Waals surface area contributed by atoms with E-state index in [9.17, 15) is 13.2 Å². The van der Waals surface area contributed by atoms with Crippen molar-refractivity contribution >= 4 is 34.0 Å². The van der Waals surface area contributed by atoms with Gasteiger partial charge in [0.15, 0.2) is 5.69 Å². The van der Waals surface area contributed by atoms with Crippen LogP contribution in [0.5, 0.6) is 0 Å². The van der Waals surface area contributed by atoms with Gasteiger partial charge in [-0.05, 0) is 24.1 Å². The highest BCUT2D eigenvalue weighted by Gasteiger charge is 2.31. The number of H-pyrrole nitrogens is 1. The lowest BCUT2D eigenvalue weighted by atomic mass is 10.1. The number of anilines is 1. The maximum atomic E-state index is 13.1. The summed E-state index contributed by atoms with van der Waals surface area (Å²) >= 11 is 0. The Balaban J connectivity index is 0.00000210. The molecule has 0 fully saturated rings. The van der Waals surface area contributed by atoms with Crippen molar-refractivity contribution in [1.82, 2.24) is 20.2 Å². The fourth-order valence-electron chi connectivity index (χ4n) is 3.54. The average molecular weight is 412 g/mol. The lowest BCUT2D eigenvalue weighted by Gasteiger charge is -2.19. The molecular weight excluding hydrogens is 390 g/mol. The van der Waals surface area contributed by atoms with Crippen molar-refractivity contribution in [3.8, 4) is 0 Å². The van der Waals surface area contributed by atoms with E-state index < -0.39 is 10.0 Å². The van der Waals surface area contributed by atoms with Crippen molar-refractivity contribution in [3.05, 3.63) is 40.7 Å². The van der Waals surface area contributed by atoms with Gasteiger partial charge in [-0.1, -0.05) is 13.0 Å². The predicted octanol–water partition coefficient (Wildman–Crippen LogP) is 0.978. The molecule has 1 amide bonds. The van der Waals surface area contributed by atoms with E-state index in [0.29, 0.717) is 37.4 Å². The van der Waals surface area contributed by atoms with Crippen LogP contribution in [-0.4, -0.2) is 44.2 Å². The van der Waals surface area contributed by atoms with Crippen molar-refractivity contribution in [1.29, 1.82) is 0 Å². The number of hydrogen-bond donors (Lipinski definition) is 3. The first-order valence-corrected chi connectivity index (χ1v) is 10.2. The molecule has 1 aromatic heterocycles. The van der Waals surface area contributed by atoms with Crippen LogP contribution < -0.4 is 14.9 Å². The highest BCUT2D eigenvalue weighted by atomic mass is 35.5. The van der Waals surface area contributed by atoms with E-state index in [2.05, 4.69) is 20.2 Å². The van der Waals surface area contributed by atoms with E-state index in [0.717, 1.165) is 29.8 Å². The number of aromatic nitrogens is 2. The molecule has 2 aliphatic rings. The van der Waals surface area contributed by atoms with Gasteiger partial charge < -0.3 is 10.2 Å². The van der Waals surface area contributed by atoms with Crippen molar-refractivity contribution < 1.29 is 13.2 Å². The minimum atomic E-state index is -3.57. The number of sulfonamides is 1. The van der Waals surface area contributed by atoms with Gasteiger partial charge in [-0.3, -0.25) is 9.89 Å². The molecule has 3 heterocycles. The number of nitrogens with zero attached hydrogens (tertiary/aromatic N) is 2. The Labute approximate surface area is 164 Å². The number of hydrogen-bond acceptors (Lipinski definition) is 5. The monoisotopic (exact) mass is 411 g/mol. The molecule has 1 aromatic carbocycles. The molecule has 10 heteroatoms. The van der Waals surface area contributed by atoms with Crippen molar-refractivity contribution in [2.45, 2.75) is 31.2 Å². The van der Waals surface area contributed by atoms with Gasteiger partial charge in [0, 0.05) is 49.5 Å². The highest BCUT2D eigenvalue weighted by Crippen LogP contribution is 2.32. The summed E-state index contributed by atoms with van der Waals surface area (Å²) in [6.07, 6.45) is 1.52. The maximum absolute atomic E-state index is 13.1. The fourth-order valence-corrected chi connectivity index (χ4v) is 4.60. The van der Waals surface area contributed by atoms with Crippen molar-refractivity contribution in [2.75, 3.05) is 24.5 Å². The summed E-state index contributed by atoms with van der Waals surface area (Å²) in [5, 5.41) is 10.4. The van der Waals surface area contributed by atoms with Gasteiger partial charge in [0.05, 0.1) is 4.90 Å². The smallest absolute Gasteiger partial charge is 0.279 e. The van der Waals surface area contributed by atoms with Crippen LogP contribution in [0.25, 0.3) is 0 Å². The summed E-state index contributed by atoms with van der Waals surface area (Å²) in [5.41, 5.74) is 3.94. The molecule has 0 saturated carbocycles. The Morgan fingerprint density at radius 1 is 1.33 bits per heavy atom. The Bertz CT molecular complexity index is 973. The zero-order valence-corrected chi connectivity index (χ0v) is 16.5. The predicted molar refractivity (Wildman–Crippen MR) is 104 cm³/mol. The highest BCUT2D eigenvalue weighted by molar-refractivity contribution is 7.89. The lowest BCUT2D eigenvalue weighted by Crippen LogP contribution is -2.32. The minimum Gasteiger partial charge on any atom is -0.312 e. The van der Waals surface area contributed by atoms with Gasteiger partial charge in [-0.15, -0.1) is 12.4 Å². The van der Waals surface area contributed by atoms with Gasteiger partial charge in [0.1, 0.15) is 0 Å². The normalized spacial score (nSPS) is 15.8. The molecule has 0 unspecified atom stereocenters. The number of benzene rings is 1. The molecular formula is C17H22ClN5O3S. The van der Waals surface area contributed by atoms with Gasteiger partial charge in [0.25, 0.3) is 5.91 Å². The Hall–Kier alpha value is -1.94. The van der Waals surface area contributed by atoms with E-state index in [1.54, 1.807) is 30.0 Å². The molecule has 146 valence electrons. The van der Waals surface area contributed by atoms with Crippen LogP contribution in [-0.2, 0) is 29.4 Å². The molecule has 2 aliphatic heterocycles. The molecule has 8 nitrogen and oxygen atoms in total. The number of halogens is 1. The summed E-state index contributed by atoms with van der Waals surface area (Å²) < 4.78 is 27.1. The zero-order valence-electron chi connectivity index (χ0n) is 14.9. The van der Waals surface area contributed by atoms with Gasteiger partial charge in [-0.2, -0.15) is 5.10 Å². The number of fused-ring (bicyclic) bond motifs is 2. The number of carbonyl (C=O) groups excluding carboxylic acids is 1. The maximum Gasteiger partial charge on any atom is 0.279 e. The van der Waals surface area contributed by atoms with Crippen LogP contribution in [0.2, 0.25) is 0 Å². The Morgan fingerprint density at radius 2 is 2.15 bits per heavy atom. The summed E-state index contributed by atoms with van der Waals surface area (Å²) in [6, 6.07) is 4.95. The van der Waals surface area contributed by atoms with Crippen LogP contribution >= 0.6 is 12.4 Å². The van der Waals surface area contributed by atoms with Crippen LogP contribution in [0.4, 0.5) is 5.69 Å². The van der Waals surface area contributed by atoms with Crippen LogP contribution in [0.1, 0.15) is 34.2 Å². The van der Waals surface area contributed by atoms with E-state index in [4.69, 9.17) is 0 Å². The zero-order chi connectivity index (χ0) is 18.3. The fraction of sp³-hybridized carbons (Fsp3) is 0.412. The average Bonchev–Trinajstić information content (AvgIpc) is 3.25. The molecule has 0 bridgehead atoms. The number of aromatic amines is 1. The molecule has 0 atom stereocenters.